The summed E-state index contributed by atoms with van der Waals surface area (Å²) >= 11 is 0. The number of H-pyrrole nitrogens is 1. The topological polar surface area (TPSA) is 52.2 Å². The molecule has 6 heteroatoms. The van der Waals surface area contributed by atoms with Crippen LogP contribution in [0.3, 0.4) is 0 Å². The fourth-order valence-electron chi connectivity index (χ4n) is 2.75. The van der Waals surface area contributed by atoms with Gasteiger partial charge in [-0.2, -0.15) is 0 Å². The van der Waals surface area contributed by atoms with E-state index in [0.717, 1.165) is 30.9 Å². The van der Waals surface area contributed by atoms with Crippen LogP contribution < -0.4 is 9.80 Å². The molecule has 1 aromatic carbocycles. The van der Waals surface area contributed by atoms with Crippen LogP contribution in [0.4, 0.5) is 15.8 Å². The number of hydrogen-bond acceptors (Lipinski definition) is 3. The lowest BCUT2D eigenvalue weighted by molar-refractivity contribution is 0.0983. The normalized spacial score (nSPS) is 14.7. The van der Waals surface area contributed by atoms with Crippen LogP contribution in [-0.4, -0.2) is 36.0 Å². The lowest BCUT2D eigenvalue weighted by Gasteiger charge is -2.24. The van der Waals surface area contributed by atoms with Crippen molar-refractivity contribution in [2.24, 2.45) is 0 Å². The first kappa shape index (κ1) is 14.6. The van der Waals surface area contributed by atoms with Crippen molar-refractivity contribution in [3.63, 3.8) is 0 Å². The van der Waals surface area contributed by atoms with E-state index >= 15 is 0 Å². The van der Waals surface area contributed by atoms with Crippen LogP contribution in [0.1, 0.15) is 29.7 Å². The first-order chi connectivity index (χ1) is 10.6. The van der Waals surface area contributed by atoms with Gasteiger partial charge in [-0.3, -0.25) is 4.79 Å². The number of amides is 1. The highest BCUT2D eigenvalue weighted by molar-refractivity contribution is 6.06. The van der Waals surface area contributed by atoms with Gasteiger partial charge in [0.15, 0.2) is 0 Å². The smallest absolute Gasteiger partial charge is 0.276 e. The van der Waals surface area contributed by atoms with E-state index in [-0.39, 0.29) is 11.7 Å². The number of aryl methyl sites for hydroxylation is 1. The molecule has 0 saturated heterocycles. The molecule has 0 radical (unpaired) electrons. The number of anilines is 2. The molecule has 1 aliphatic rings. The Morgan fingerprint density at radius 2 is 2.18 bits per heavy atom. The minimum atomic E-state index is -0.342. The van der Waals surface area contributed by atoms with Crippen LogP contribution in [0.15, 0.2) is 24.4 Å². The predicted octanol–water partition coefficient (Wildman–Crippen LogP) is 2.60. The van der Waals surface area contributed by atoms with Crippen LogP contribution in [0.25, 0.3) is 0 Å². The minimum absolute atomic E-state index is 0.172. The number of halogens is 1. The third-order valence-corrected chi connectivity index (χ3v) is 3.95. The summed E-state index contributed by atoms with van der Waals surface area (Å²) in [5.74, 6) is 0.259. The maximum absolute atomic E-state index is 13.7. The Labute approximate surface area is 128 Å². The molecule has 0 saturated carbocycles. The van der Waals surface area contributed by atoms with Crippen molar-refractivity contribution in [3.8, 4) is 0 Å². The minimum Gasteiger partial charge on any atom is -0.373 e. The molecule has 2 aromatic rings. The van der Waals surface area contributed by atoms with E-state index in [4.69, 9.17) is 0 Å². The van der Waals surface area contributed by atoms with Crippen molar-refractivity contribution in [1.82, 2.24) is 9.97 Å². The molecule has 2 heterocycles. The number of fused-ring (bicyclic) bond motifs is 1. The molecule has 116 valence electrons. The molecule has 0 aliphatic carbocycles. The largest absolute Gasteiger partial charge is 0.373 e. The standard InChI is InChI=1S/C16H19FN4O/c1-3-15-18-10-12(19-15)16(22)21-8-4-7-20(2)13-6-5-11(17)9-14(13)21/h5-6,9-10H,3-4,7-8H2,1-2H3,(H,18,19). The summed E-state index contributed by atoms with van der Waals surface area (Å²) in [6, 6.07) is 4.57. The van der Waals surface area contributed by atoms with Gasteiger partial charge in [0.1, 0.15) is 17.3 Å². The quantitative estimate of drug-likeness (QED) is 0.927. The molecule has 1 aliphatic heterocycles. The Hall–Kier alpha value is -2.37. The molecule has 0 atom stereocenters. The number of hydrogen-bond donors (Lipinski definition) is 1. The van der Waals surface area contributed by atoms with Crippen LogP contribution >= 0.6 is 0 Å². The lowest BCUT2D eigenvalue weighted by atomic mass is 10.2. The van der Waals surface area contributed by atoms with Gasteiger partial charge in [-0.15, -0.1) is 0 Å². The van der Waals surface area contributed by atoms with Crippen LogP contribution in [0.5, 0.6) is 0 Å². The zero-order valence-electron chi connectivity index (χ0n) is 12.8. The number of carbonyl (C=O) groups is 1. The molecule has 1 amide bonds. The van der Waals surface area contributed by atoms with Gasteiger partial charge in [-0.1, -0.05) is 6.92 Å². The fraction of sp³-hybridized carbons (Fsp3) is 0.375. The zero-order valence-corrected chi connectivity index (χ0v) is 12.8. The second kappa shape index (κ2) is 5.79. The van der Waals surface area contributed by atoms with Gasteiger partial charge >= 0.3 is 0 Å². The van der Waals surface area contributed by atoms with E-state index in [9.17, 15) is 9.18 Å². The van der Waals surface area contributed by atoms with E-state index in [1.807, 2.05) is 18.9 Å². The summed E-state index contributed by atoms with van der Waals surface area (Å²) in [7, 11) is 1.95. The average Bonchev–Trinajstić information content (AvgIpc) is 2.93. The molecular formula is C16H19FN4O. The highest BCUT2D eigenvalue weighted by atomic mass is 19.1. The van der Waals surface area contributed by atoms with Gasteiger partial charge < -0.3 is 14.8 Å². The molecule has 1 N–H and O–H groups in total. The second-order valence-electron chi connectivity index (χ2n) is 5.46. The Morgan fingerprint density at radius 3 is 2.91 bits per heavy atom. The monoisotopic (exact) mass is 302 g/mol. The third kappa shape index (κ3) is 2.56. The third-order valence-electron chi connectivity index (χ3n) is 3.95. The highest BCUT2D eigenvalue weighted by Crippen LogP contribution is 2.33. The summed E-state index contributed by atoms with van der Waals surface area (Å²) in [4.78, 5) is 23.7. The first-order valence-corrected chi connectivity index (χ1v) is 7.46. The van der Waals surface area contributed by atoms with Gasteiger partial charge in [0.05, 0.1) is 17.6 Å². The average molecular weight is 302 g/mol. The number of benzene rings is 1. The summed E-state index contributed by atoms with van der Waals surface area (Å²) in [6.07, 6.45) is 3.11. The summed E-state index contributed by atoms with van der Waals surface area (Å²) in [6.45, 7) is 3.35. The summed E-state index contributed by atoms with van der Waals surface area (Å²) in [5.41, 5.74) is 1.91. The number of nitrogens with one attached hydrogen (secondary N) is 1. The summed E-state index contributed by atoms with van der Waals surface area (Å²) < 4.78 is 13.7. The first-order valence-electron chi connectivity index (χ1n) is 7.46. The SMILES string of the molecule is CCc1ncc(C(=O)N2CCCN(C)c3ccc(F)cc32)[nH]1. The van der Waals surface area contributed by atoms with Crippen molar-refractivity contribution in [2.45, 2.75) is 19.8 Å². The van der Waals surface area contributed by atoms with Gasteiger partial charge in [0, 0.05) is 26.6 Å². The van der Waals surface area contributed by atoms with E-state index in [1.54, 1.807) is 17.2 Å². The Kier molecular flexibility index (Phi) is 3.83. The van der Waals surface area contributed by atoms with E-state index in [2.05, 4.69) is 9.97 Å². The van der Waals surface area contributed by atoms with Crippen LogP contribution in [-0.2, 0) is 6.42 Å². The molecule has 5 nitrogen and oxygen atoms in total. The van der Waals surface area contributed by atoms with Crippen molar-refractivity contribution < 1.29 is 9.18 Å². The van der Waals surface area contributed by atoms with E-state index in [1.165, 1.54) is 12.1 Å². The predicted molar refractivity (Wildman–Crippen MR) is 83.9 cm³/mol. The summed E-state index contributed by atoms with van der Waals surface area (Å²) in [5, 5.41) is 0. The van der Waals surface area contributed by atoms with Crippen LogP contribution in [0.2, 0.25) is 0 Å². The van der Waals surface area contributed by atoms with Crippen molar-refractivity contribution >= 4 is 17.3 Å². The highest BCUT2D eigenvalue weighted by Gasteiger charge is 2.25. The number of aromatic nitrogens is 2. The Balaban J connectivity index is 2.01. The molecular weight excluding hydrogens is 283 g/mol. The van der Waals surface area contributed by atoms with E-state index in [0.29, 0.717) is 17.9 Å². The van der Waals surface area contributed by atoms with Gasteiger partial charge in [0.2, 0.25) is 0 Å². The maximum atomic E-state index is 13.7. The van der Waals surface area contributed by atoms with Crippen LogP contribution in [0, 0.1) is 5.82 Å². The molecule has 0 spiro atoms. The number of aromatic amines is 1. The van der Waals surface area contributed by atoms with Gasteiger partial charge in [-0.05, 0) is 24.6 Å². The molecule has 22 heavy (non-hydrogen) atoms. The van der Waals surface area contributed by atoms with Gasteiger partial charge in [0.25, 0.3) is 5.91 Å². The zero-order chi connectivity index (χ0) is 15.7. The van der Waals surface area contributed by atoms with Crippen molar-refractivity contribution in [2.75, 3.05) is 29.9 Å². The molecule has 0 fully saturated rings. The lowest BCUT2D eigenvalue weighted by Crippen LogP contribution is -2.32. The molecule has 0 bridgehead atoms. The molecule has 3 rings (SSSR count). The maximum Gasteiger partial charge on any atom is 0.276 e. The Morgan fingerprint density at radius 1 is 1.36 bits per heavy atom. The van der Waals surface area contributed by atoms with Gasteiger partial charge in [-0.25, -0.2) is 9.37 Å². The Bertz CT molecular complexity index is 697. The number of rotatable bonds is 2. The second-order valence-corrected chi connectivity index (χ2v) is 5.46. The number of nitrogens with zero attached hydrogens (tertiary/aromatic N) is 3. The molecule has 1 aromatic heterocycles. The number of imidazole rings is 1. The number of carbonyl (C=O) groups excluding carboxylic acids is 1. The van der Waals surface area contributed by atoms with Crippen molar-refractivity contribution in [3.05, 3.63) is 41.7 Å². The van der Waals surface area contributed by atoms with Crippen molar-refractivity contribution in [1.29, 1.82) is 0 Å². The molecule has 0 unspecified atom stereocenters. The van der Waals surface area contributed by atoms with E-state index < -0.39 is 0 Å². The fourth-order valence-corrected chi connectivity index (χ4v) is 2.75.